The van der Waals surface area contributed by atoms with Gasteiger partial charge in [0.1, 0.15) is 0 Å². The predicted molar refractivity (Wildman–Crippen MR) is 90.0 cm³/mol. The summed E-state index contributed by atoms with van der Waals surface area (Å²) >= 11 is 0. The van der Waals surface area contributed by atoms with E-state index < -0.39 is 15.3 Å². The Hall–Kier alpha value is -1.76. The molecule has 1 amide bonds. The molecule has 0 saturated carbocycles. The number of nitrogens with zero attached hydrogens (tertiary/aromatic N) is 1. The van der Waals surface area contributed by atoms with Crippen molar-refractivity contribution < 1.29 is 17.9 Å². The number of benzene rings is 1. The summed E-state index contributed by atoms with van der Waals surface area (Å²) in [6, 6.07) is 7.42. The van der Waals surface area contributed by atoms with E-state index in [2.05, 4.69) is 4.72 Å². The van der Waals surface area contributed by atoms with Crippen LogP contribution < -0.4 is 4.72 Å². The van der Waals surface area contributed by atoms with Gasteiger partial charge in [0.2, 0.25) is 10.0 Å². The van der Waals surface area contributed by atoms with Crippen LogP contribution in [0.4, 0.5) is 10.5 Å². The van der Waals surface area contributed by atoms with Gasteiger partial charge in [-0.3, -0.25) is 4.72 Å². The van der Waals surface area contributed by atoms with Crippen molar-refractivity contribution in [1.82, 2.24) is 4.90 Å². The molecule has 0 spiro atoms. The van der Waals surface area contributed by atoms with Gasteiger partial charge < -0.3 is 9.64 Å². The molecule has 128 valence electrons. The zero-order valence-electron chi connectivity index (χ0n) is 13.6. The quantitative estimate of drug-likeness (QED) is 0.894. The number of amides is 1. The van der Waals surface area contributed by atoms with Crippen LogP contribution in [0.1, 0.15) is 32.3 Å². The normalized spacial score (nSPS) is 16.2. The number of piperidine rings is 1. The molecule has 0 aliphatic carbocycles. The van der Waals surface area contributed by atoms with Crippen molar-refractivity contribution in [2.24, 2.45) is 0 Å². The van der Waals surface area contributed by atoms with E-state index in [0.29, 0.717) is 38.2 Å². The molecular weight excluding hydrogens is 316 g/mol. The highest BCUT2D eigenvalue weighted by atomic mass is 32.2. The summed E-state index contributed by atoms with van der Waals surface area (Å²) in [5.74, 6) is 0. The average Bonchev–Trinajstić information content (AvgIpc) is 2.55. The van der Waals surface area contributed by atoms with Crippen LogP contribution >= 0.6 is 0 Å². The average molecular weight is 340 g/mol. The Bertz CT molecular complexity index is 637. The first-order valence-electron chi connectivity index (χ1n) is 7.99. The Labute approximate surface area is 137 Å². The lowest BCUT2D eigenvalue weighted by Crippen LogP contribution is -2.44. The Morgan fingerprint density at radius 2 is 1.91 bits per heavy atom. The van der Waals surface area contributed by atoms with Crippen molar-refractivity contribution >= 4 is 21.8 Å². The molecule has 6 nitrogen and oxygen atoms in total. The van der Waals surface area contributed by atoms with Crippen LogP contribution in [0.25, 0.3) is 0 Å². The molecule has 1 heterocycles. The molecule has 1 fully saturated rings. The van der Waals surface area contributed by atoms with Crippen molar-refractivity contribution in [2.45, 2.75) is 38.4 Å². The Balaban J connectivity index is 2.00. The molecule has 2 rings (SSSR count). The molecule has 7 heteroatoms. The van der Waals surface area contributed by atoms with Gasteiger partial charge in [0, 0.05) is 13.1 Å². The minimum absolute atomic E-state index is 0.326. The lowest BCUT2D eigenvalue weighted by atomic mass is 10.1. The van der Waals surface area contributed by atoms with Gasteiger partial charge in [0.15, 0.2) is 0 Å². The standard InChI is InChI=1S/C16H24N2O4S/c1-3-13-7-5-6-8-15(13)17-23(20,21)14-9-11-18(12-10-14)16(19)22-4-2/h5-8,14,17H,3-4,9-12H2,1-2H3. The number of carbonyl (C=O) groups is 1. The van der Waals surface area contributed by atoms with E-state index in [1.807, 2.05) is 25.1 Å². The van der Waals surface area contributed by atoms with Crippen LogP contribution in [0.2, 0.25) is 0 Å². The van der Waals surface area contributed by atoms with Gasteiger partial charge in [0.05, 0.1) is 17.5 Å². The maximum Gasteiger partial charge on any atom is 0.409 e. The number of ether oxygens (including phenoxy) is 1. The highest BCUT2D eigenvalue weighted by Gasteiger charge is 2.32. The van der Waals surface area contributed by atoms with Gasteiger partial charge in [-0.05, 0) is 37.8 Å². The molecule has 23 heavy (non-hydrogen) atoms. The van der Waals surface area contributed by atoms with Gasteiger partial charge in [-0.2, -0.15) is 0 Å². The molecule has 0 atom stereocenters. The van der Waals surface area contributed by atoms with Gasteiger partial charge in [0.25, 0.3) is 0 Å². The largest absolute Gasteiger partial charge is 0.450 e. The molecule has 1 saturated heterocycles. The minimum atomic E-state index is -3.46. The molecule has 0 aromatic heterocycles. The van der Waals surface area contributed by atoms with Crippen molar-refractivity contribution in [3.63, 3.8) is 0 Å². The smallest absolute Gasteiger partial charge is 0.409 e. The summed E-state index contributed by atoms with van der Waals surface area (Å²) in [5, 5.41) is -0.488. The van der Waals surface area contributed by atoms with Crippen LogP contribution in [0.3, 0.4) is 0 Å². The third-order valence-electron chi connectivity index (χ3n) is 4.06. The lowest BCUT2D eigenvalue weighted by Gasteiger charge is -2.31. The van der Waals surface area contributed by atoms with Crippen LogP contribution in [-0.2, 0) is 21.2 Å². The number of hydrogen-bond acceptors (Lipinski definition) is 4. The Morgan fingerprint density at radius 1 is 1.26 bits per heavy atom. The SMILES string of the molecule is CCOC(=O)N1CCC(S(=O)(=O)Nc2ccccc2CC)CC1. The number of hydrogen-bond donors (Lipinski definition) is 1. The number of carbonyl (C=O) groups excluding carboxylic acids is 1. The van der Waals surface area contributed by atoms with E-state index in [-0.39, 0.29) is 6.09 Å². The van der Waals surface area contributed by atoms with E-state index in [0.717, 1.165) is 12.0 Å². The van der Waals surface area contributed by atoms with Gasteiger partial charge in [-0.25, -0.2) is 13.2 Å². The lowest BCUT2D eigenvalue weighted by molar-refractivity contribution is 0.100. The van der Waals surface area contributed by atoms with Gasteiger partial charge in [-0.1, -0.05) is 25.1 Å². The number of anilines is 1. The van der Waals surface area contributed by atoms with Crippen molar-refractivity contribution in [2.75, 3.05) is 24.4 Å². The number of aryl methyl sites for hydroxylation is 1. The third-order valence-corrected chi connectivity index (χ3v) is 5.91. The summed E-state index contributed by atoms with van der Waals surface area (Å²) in [5.41, 5.74) is 1.61. The molecule has 0 bridgehead atoms. The summed E-state index contributed by atoms with van der Waals surface area (Å²) < 4.78 is 32.8. The molecule has 1 aromatic carbocycles. The van der Waals surface area contributed by atoms with E-state index in [1.165, 1.54) is 0 Å². The Kier molecular flexibility index (Phi) is 5.87. The van der Waals surface area contributed by atoms with Crippen LogP contribution in [-0.4, -0.2) is 44.4 Å². The molecule has 1 aliphatic heterocycles. The number of nitrogens with one attached hydrogen (secondary N) is 1. The topological polar surface area (TPSA) is 75.7 Å². The van der Waals surface area contributed by atoms with Crippen LogP contribution in [0.15, 0.2) is 24.3 Å². The fourth-order valence-corrected chi connectivity index (χ4v) is 4.23. The van der Waals surface area contributed by atoms with E-state index in [4.69, 9.17) is 4.74 Å². The van der Waals surface area contributed by atoms with Crippen molar-refractivity contribution in [3.05, 3.63) is 29.8 Å². The third kappa shape index (κ3) is 4.37. The highest BCUT2D eigenvalue weighted by molar-refractivity contribution is 7.93. The van der Waals surface area contributed by atoms with Crippen molar-refractivity contribution in [1.29, 1.82) is 0 Å². The molecule has 0 unspecified atom stereocenters. The monoisotopic (exact) mass is 340 g/mol. The van der Waals surface area contributed by atoms with Gasteiger partial charge in [-0.15, -0.1) is 0 Å². The summed E-state index contributed by atoms with van der Waals surface area (Å²) in [6.45, 7) is 4.88. The molecule has 1 aromatic rings. The van der Waals surface area contributed by atoms with Crippen molar-refractivity contribution in [3.8, 4) is 0 Å². The van der Waals surface area contributed by atoms with E-state index >= 15 is 0 Å². The van der Waals surface area contributed by atoms with E-state index in [1.54, 1.807) is 17.9 Å². The predicted octanol–water partition coefficient (Wildman–Crippen LogP) is 2.61. The fourth-order valence-electron chi connectivity index (χ4n) is 2.73. The summed E-state index contributed by atoms with van der Waals surface area (Å²) in [6.07, 6.45) is 1.23. The fraction of sp³-hybridized carbons (Fsp3) is 0.562. The van der Waals surface area contributed by atoms with Crippen LogP contribution in [0.5, 0.6) is 0 Å². The maximum absolute atomic E-state index is 12.6. The second kappa shape index (κ2) is 7.68. The molecule has 0 radical (unpaired) electrons. The molecular formula is C16H24N2O4S. The number of likely N-dealkylation sites (tertiary alicyclic amines) is 1. The highest BCUT2D eigenvalue weighted by Crippen LogP contribution is 2.23. The zero-order valence-corrected chi connectivity index (χ0v) is 14.4. The molecule has 1 N–H and O–H groups in total. The van der Waals surface area contributed by atoms with E-state index in [9.17, 15) is 13.2 Å². The number of rotatable bonds is 5. The second-order valence-electron chi connectivity index (χ2n) is 5.54. The second-order valence-corrected chi connectivity index (χ2v) is 7.50. The summed E-state index contributed by atoms with van der Waals surface area (Å²) in [7, 11) is -3.46. The maximum atomic E-state index is 12.6. The number of sulfonamides is 1. The summed E-state index contributed by atoms with van der Waals surface area (Å²) in [4.78, 5) is 13.2. The zero-order chi connectivity index (χ0) is 16.9. The number of para-hydroxylation sites is 1. The molecule has 1 aliphatic rings. The first-order valence-corrected chi connectivity index (χ1v) is 9.53. The minimum Gasteiger partial charge on any atom is -0.450 e. The van der Waals surface area contributed by atoms with Gasteiger partial charge >= 0.3 is 6.09 Å². The first-order chi connectivity index (χ1) is 11.0. The first kappa shape index (κ1) is 17.6. The van der Waals surface area contributed by atoms with Crippen LogP contribution in [0, 0.1) is 0 Å². The Morgan fingerprint density at radius 3 is 2.52 bits per heavy atom.